The fourth-order valence-electron chi connectivity index (χ4n) is 2.99. The molecule has 0 bridgehead atoms. The SMILES string of the molecule is Cc1nn(-c2ccc(C(=O)N(C)Cc3ccc(C(F)(F)F)cc3)cc2)c(C)c1Cl. The zero-order valence-electron chi connectivity index (χ0n) is 16.1. The molecule has 0 N–H and O–H groups in total. The van der Waals surface area contributed by atoms with Crippen molar-refractivity contribution in [1.29, 1.82) is 0 Å². The minimum atomic E-state index is -4.38. The molecule has 152 valence electrons. The number of hydrogen-bond acceptors (Lipinski definition) is 2. The summed E-state index contributed by atoms with van der Waals surface area (Å²) in [5.41, 5.74) is 2.68. The monoisotopic (exact) mass is 421 g/mol. The first-order valence-electron chi connectivity index (χ1n) is 8.81. The number of carbonyl (C=O) groups is 1. The Morgan fingerprint density at radius 3 is 2.14 bits per heavy atom. The number of aromatic nitrogens is 2. The lowest BCUT2D eigenvalue weighted by molar-refractivity contribution is -0.137. The second kappa shape index (κ2) is 7.91. The number of nitrogens with zero attached hydrogens (tertiary/aromatic N) is 3. The van der Waals surface area contributed by atoms with Crippen molar-refractivity contribution in [3.63, 3.8) is 0 Å². The van der Waals surface area contributed by atoms with Crippen LogP contribution in [0, 0.1) is 13.8 Å². The van der Waals surface area contributed by atoms with Crippen LogP contribution < -0.4 is 0 Å². The molecule has 1 amide bonds. The molecule has 0 radical (unpaired) electrons. The Kier molecular flexibility index (Phi) is 5.71. The van der Waals surface area contributed by atoms with Crippen molar-refractivity contribution in [2.45, 2.75) is 26.6 Å². The van der Waals surface area contributed by atoms with Crippen molar-refractivity contribution in [2.75, 3.05) is 7.05 Å². The minimum Gasteiger partial charge on any atom is -0.337 e. The van der Waals surface area contributed by atoms with Gasteiger partial charge in [-0.25, -0.2) is 4.68 Å². The highest BCUT2D eigenvalue weighted by atomic mass is 35.5. The summed E-state index contributed by atoms with van der Waals surface area (Å²) in [6.45, 7) is 3.88. The van der Waals surface area contributed by atoms with Gasteiger partial charge >= 0.3 is 6.18 Å². The number of alkyl halides is 3. The Bertz CT molecular complexity index is 1030. The van der Waals surface area contributed by atoms with Crippen LogP contribution in [0.15, 0.2) is 48.5 Å². The van der Waals surface area contributed by atoms with E-state index in [1.807, 2.05) is 13.8 Å². The van der Waals surface area contributed by atoms with Gasteiger partial charge in [-0.1, -0.05) is 23.7 Å². The predicted octanol–water partition coefficient (Wildman–Crippen LogP) is 5.43. The lowest BCUT2D eigenvalue weighted by Gasteiger charge is -2.18. The Balaban J connectivity index is 1.72. The van der Waals surface area contributed by atoms with E-state index < -0.39 is 11.7 Å². The maximum absolute atomic E-state index is 12.7. The number of rotatable bonds is 4. The lowest BCUT2D eigenvalue weighted by atomic mass is 10.1. The maximum Gasteiger partial charge on any atom is 0.416 e. The van der Waals surface area contributed by atoms with Gasteiger partial charge in [-0.15, -0.1) is 0 Å². The molecule has 0 saturated carbocycles. The average Bonchev–Trinajstić information content (AvgIpc) is 2.94. The predicted molar refractivity (Wildman–Crippen MR) is 105 cm³/mol. The topological polar surface area (TPSA) is 38.1 Å². The Labute approximate surface area is 171 Å². The summed E-state index contributed by atoms with van der Waals surface area (Å²) in [5.74, 6) is -0.233. The highest BCUT2D eigenvalue weighted by Gasteiger charge is 2.30. The molecule has 0 aliphatic carbocycles. The van der Waals surface area contributed by atoms with E-state index in [2.05, 4.69) is 5.10 Å². The second-order valence-corrected chi connectivity index (χ2v) is 7.18. The third-order valence-electron chi connectivity index (χ3n) is 4.61. The van der Waals surface area contributed by atoms with Gasteiger partial charge in [-0.05, 0) is 55.8 Å². The van der Waals surface area contributed by atoms with Crippen LogP contribution in [0.25, 0.3) is 5.69 Å². The number of carbonyl (C=O) groups excluding carboxylic acids is 1. The fraction of sp³-hybridized carbons (Fsp3) is 0.238. The van der Waals surface area contributed by atoms with Crippen LogP contribution in [0.2, 0.25) is 5.02 Å². The lowest BCUT2D eigenvalue weighted by Crippen LogP contribution is -2.26. The molecule has 0 spiro atoms. The highest BCUT2D eigenvalue weighted by molar-refractivity contribution is 6.31. The first-order valence-corrected chi connectivity index (χ1v) is 9.19. The first kappa shape index (κ1) is 20.9. The van der Waals surface area contributed by atoms with Crippen molar-refractivity contribution in [1.82, 2.24) is 14.7 Å². The summed E-state index contributed by atoms with van der Waals surface area (Å²) in [7, 11) is 1.61. The van der Waals surface area contributed by atoms with Crippen LogP contribution in [0.5, 0.6) is 0 Å². The number of amides is 1. The van der Waals surface area contributed by atoms with Crippen molar-refractivity contribution in [2.24, 2.45) is 0 Å². The third-order valence-corrected chi connectivity index (χ3v) is 5.16. The molecule has 0 aliphatic rings. The van der Waals surface area contributed by atoms with Crippen LogP contribution in [-0.2, 0) is 12.7 Å². The molecule has 29 heavy (non-hydrogen) atoms. The van der Waals surface area contributed by atoms with Crippen molar-refractivity contribution in [3.05, 3.63) is 81.6 Å². The second-order valence-electron chi connectivity index (χ2n) is 6.80. The smallest absolute Gasteiger partial charge is 0.337 e. The van der Waals surface area contributed by atoms with Gasteiger partial charge in [0, 0.05) is 19.2 Å². The van der Waals surface area contributed by atoms with E-state index in [-0.39, 0.29) is 12.5 Å². The third kappa shape index (κ3) is 4.45. The maximum atomic E-state index is 12.7. The van der Waals surface area contributed by atoms with E-state index in [1.165, 1.54) is 17.0 Å². The molecule has 0 atom stereocenters. The van der Waals surface area contributed by atoms with Crippen molar-refractivity contribution >= 4 is 17.5 Å². The van der Waals surface area contributed by atoms with Gasteiger partial charge in [-0.2, -0.15) is 18.3 Å². The van der Waals surface area contributed by atoms with Gasteiger partial charge in [0.25, 0.3) is 5.91 Å². The van der Waals surface area contributed by atoms with Gasteiger partial charge in [0.1, 0.15) is 0 Å². The van der Waals surface area contributed by atoms with E-state index in [1.54, 1.807) is 36.0 Å². The summed E-state index contributed by atoms with van der Waals surface area (Å²) >= 11 is 6.18. The normalized spacial score (nSPS) is 11.6. The molecule has 1 heterocycles. The van der Waals surface area contributed by atoms with Crippen molar-refractivity contribution < 1.29 is 18.0 Å². The first-order chi connectivity index (χ1) is 13.6. The largest absolute Gasteiger partial charge is 0.416 e. The molecule has 2 aromatic carbocycles. The van der Waals surface area contributed by atoms with E-state index in [0.717, 1.165) is 29.2 Å². The summed E-state index contributed by atoms with van der Waals surface area (Å²) < 4.78 is 39.7. The van der Waals surface area contributed by atoms with Crippen molar-refractivity contribution in [3.8, 4) is 5.69 Å². The zero-order valence-corrected chi connectivity index (χ0v) is 16.8. The van der Waals surface area contributed by atoms with Crippen LogP contribution in [0.4, 0.5) is 13.2 Å². The molecular weight excluding hydrogens is 403 g/mol. The summed E-state index contributed by atoms with van der Waals surface area (Å²) in [6.07, 6.45) is -4.38. The molecule has 0 aliphatic heterocycles. The molecule has 3 aromatic rings. The molecule has 0 fully saturated rings. The number of halogens is 4. The molecule has 3 rings (SSSR count). The number of benzene rings is 2. The molecule has 4 nitrogen and oxygen atoms in total. The van der Waals surface area contributed by atoms with Gasteiger partial charge in [0.15, 0.2) is 0 Å². The van der Waals surface area contributed by atoms with Gasteiger partial charge in [0.05, 0.1) is 27.7 Å². The Morgan fingerprint density at radius 2 is 1.66 bits per heavy atom. The zero-order chi connectivity index (χ0) is 21.3. The molecule has 0 saturated heterocycles. The Morgan fingerprint density at radius 1 is 1.07 bits per heavy atom. The average molecular weight is 422 g/mol. The highest BCUT2D eigenvalue weighted by Crippen LogP contribution is 2.29. The van der Waals surface area contributed by atoms with Gasteiger partial charge in [0.2, 0.25) is 0 Å². The molecular formula is C21H19ClF3N3O. The van der Waals surface area contributed by atoms with Crippen LogP contribution in [0.1, 0.15) is 32.9 Å². The fourth-order valence-corrected chi connectivity index (χ4v) is 3.10. The van der Waals surface area contributed by atoms with E-state index >= 15 is 0 Å². The summed E-state index contributed by atoms with van der Waals surface area (Å²) in [6, 6.07) is 11.7. The standard InChI is InChI=1S/C21H19ClF3N3O/c1-13-19(22)14(2)28(26-13)18-10-6-16(7-11-18)20(29)27(3)12-15-4-8-17(9-5-15)21(23,24)25/h4-11H,12H2,1-3H3. The minimum absolute atomic E-state index is 0.200. The van der Waals surface area contributed by atoms with E-state index in [4.69, 9.17) is 11.6 Å². The van der Waals surface area contributed by atoms with Gasteiger partial charge < -0.3 is 4.90 Å². The molecule has 1 aromatic heterocycles. The Hall–Kier alpha value is -2.80. The quantitative estimate of drug-likeness (QED) is 0.563. The van der Waals surface area contributed by atoms with Gasteiger partial charge in [-0.3, -0.25) is 4.79 Å². The number of aryl methyl sites for hydroxylation is 1. The van der Waals surface area contributed by atoms with Crippen LogP contribution >= 0.6 is 11.6 Å². The molecule has 8 heteroatoms. The molecule has 0 unspecified atom stereocenters. The van der Waals surface area contributed by atoms with E-state index in [0.29, 0.717) is 16.1 Å². The number of hydrogen-bond donors (Lipinski definition) is 0. The van der Waals surface area contributed by atoms with Crippen LogP contribution in [0.3, 0.4) is 0 Å². The van der Waals surface area contributed by atoms with E-state index in [9.17, 15) is 18.0 Å². The summed E-state index contributed by atoms with van der Waals surface area (Å²) in [5, 5.41) is 4.98. The summed E-state index contributed by atoms with van der Waals surface area (Å²) in [4.78, 5) is 14.1. The van der Waals surface area contributed by atoms with Crippen LogP contribution in [-0.4, -0.2) is 27.6 Å².